The van der Waals surface area contributed by atoms with Crippen LogP contribution in [0.25, 0.3) is 0 Å². The summed E-state index contributed by atoms with van der Waals surface area (Å²) in [7, 11) is 1.12. The highest BCUT2D eigenvalue weighted by molar-refractivity contribution is 6.12. The van der Waals surface area contributed by atoms with Crippen LogP contribution in [-0.4, -0.2) is 29.9 Å². The molecule has 110 valence electrons. The summed E-state index contributed by atoms with van der Waals surface area (Å²) in [6.45, 7) is 1.37. The van der Waals surface area contributed by atoms with Crippen LogP contribution >= 0.6 is 0 Å². The smallest absolute Gasteiger partial charge is 0.272 e. The number of rotatable bonds is 2. The van der Waals surface area contributed by atoms with Gasteiger partial charge in [-0.25, -0.2) is 22.8 Å². The zero-order chi connectivity index (χ0) is 15.7. The third-order valence-electron chi connectivity index (χ3n) is 2.98. The molecular formula is C13H9F3N2O3. The first-order valence-electron chi connectivity index (χ1n) is 5.73. The normalized spacial score (nSPS) is 18.6. The summed E-state index contributed by atoms with van der Waals surface area (Å²) in [5, 5.41) is 0.652. The second kappa shape index (κ2) is 5.51. The number of carbonyl (C=O) groups is 1. The number of hydroxylamine groups is 2. The predicted molar refractivity (Wildman–Crippen MR) is 65.6 cm³/mol. The first-order valence-corrected chi connectivity index (χ1v) is 5.73. The lowest BCUT2D eigenvalue weighted by atomic mass is 9.95. The summed E-state index contributed by atoms with van der Waals surface area (Å²) in [5.41, 5.74) is -0.269. The van der Waals surface area contributed by atoms with E-state index in [1.165, 1.54) is 6.92 Å². The van der Waals surface area contributed by atoms with E-state index in [9.17, 15) is 22.8 Å². The summed E-state index contributed by atoms with van der Waals surface area (Å²) < 4.78 is 39.7. The van der Waals surface area contributed by atoms with Gasteiger partial charge in [0, 0.05) is 0 Å². The van der Waals surface area contributed by atoms with E-state index >= 15 is 0 Å². The summed E-state index contributed by atoms with van der Waals surface area (Å²) >= 11 is 0. The molecule has 0 aliphatic carbocycles. The molecule has 0 N–H and O–H groups in total. The molecule has 0 saturated heterocycles. The van der Waals surface area contributed by atoms with E-state index in [1.807, 2.05) is 0 Å². The minimum atomic E-state index is -1.65. The fourth-order valence-electron chi connectivity index (χ4n) is 2.03. The molecular weight excluding hydrogens is 289 g/mol. The number of benzene rings is 1. The van der Waals surface area contributed by atoms with E-state index in [4.69, 9.17) is 4.84 Å². The lowest BCUT2D eigenvalue weighted by molar-refractivity contribution is -0.106. The Kier molecular flexibility index (Phi) is 3.93. The summed E-state index contributed by atoms with van der Waals surface area (Å²) in [6, 6.07) is -0.761. The van der Waals surface area contributed by atoms with Crippen molar-refractivity contribution in [2.24, 2.45) is 4.99 Å². The fourth-order valence-corrected chi connectivity index (χ4v) is 2.03. The summed E-state index contributed by atoms with van der Waals surface area (Å²) in [4.78, 5) is 31.1. The van der Waals surface area contributed by atoms with E-state index in [0.29, 0.717) is 17.2 Å². The van der Waals surface area contributed by atoms with Gasteiger partial charge in [0.05, 0.1) is 18.4 Å². The van der Waals surface area contributed by atoms with Gasteiger partial charge in [-0.3, -0.25) is 4.84 Å². The predicted octanol–water partition coefficient (Wildman–Crippen LogP) is 2.36. The van der Waals surface area contributed by atoms with Gasteiger partial charge in [-0.15, -0.1) is 0 Å². The first kappa shape index (κ1) is 15.0. The van der Waals surface area contributed by atoms with E-state index in [2.05, 4.69) is 4.99 Å². The van der Waals surface area contributed by atoms with E-state index in [0.717, 1.165) is 7.11 Å². The number of hydrogen-bond acceptors (Lipinski definition) is 3. The number of amides is 2. The minimum Gasteiger partial charge on any atom is -0.272 e. The van der Waals surface area contributed by atoms with Crippen LogP contribution < -0.4 is 0 Å². The molecule has 0 fully saturated rings. The SMILES string of the molecule is CON1C(=O)N=C(C)C(=C=O)C1c1cc(F)c(F)c(F)c1. The quantitative estimate of drug-likeness (QED) is 0.622. The second-order valence-electron chi connectivity index (χ2n) is 4.20. The lowest BCUT2D eigenvalue weighted by Gasteiger charge is -2.31. The molecule has 0 saturated carbocycles. The molecule has 5 nitrogen and oxygen atoms in total. The highest BCUT2D eigenvalue weighted by atomic mass is 19.2. The molecule has 0 radical (unpaired) electrons. The Bertz CT molecular complexity index is 673. The van der Waals surface area contributed by atoms with Crippen LogP contribution in [0.4, 0.5) is 18.0 Å². The van der Waals surface area contributed by atoms with Crippen LogP contribution in [0.1, 0.15) is 18.5 Å². The molecule has 2 amide bonds. The number of carbonyl (C=O) groups excluding carboxylic acids is 2. The highest BCUT2D eigenvalue weighted by Gasteiger charge is 2.36. The molecule has 1 unspecified atom stereocenters. The number of halogens is 3. The van der Waals surface area contributed by atoms with Gasteiger partial charge in [-0.05, 0) is 24.6 Å². The Hall–Kier alpha value is -2.44. The third kappa shape index (κ3) is 2.46. The monoisotopic (exact) mass is 298 g/mol. The maximum absolute atomic E-state index is 13.4. The molecule has 1 aliphatic heterocycles. The van der Waals surface area contributed by atoms with Gasteiger partial charge in [0.1, 0.15) is 12.0 Å². The largest absolute Gasteiger partial charge is 0.368 e. The van der Waals surface area contributed by atoms with Gasteiger partial charge in [0.2, 0.25) is 0 Å². The van der Waals surface area contributed by atoms with Crippen LogP contribution in [0.2, 0.25) is 0 Å². The Balaban J connectivity index is 2.66. The van der Waals surface area contributed by atoms with Gasteiger partial charge in [-0.2, -0.15) is 10.1 Å². The topological polar surface area (TPSA) is 59.0 Å². The zero-order valence-electron chi connectivity index (χ0n) is 11.0. The van der Waals surface area contributed by atoms with Gasteiger partial charge >= 0.3 is 6.03 Å². The van der Waals surface area contributed by atoms with Gasteiger partial charge in [-0.1, -0.05) is 0 Å². The van der Waals surface area contributed by atoms with Crippen molar-refractivity contribution >= 4 is 17.7 Å². The maximum Gasteiger partial charge on any atom is 0.368 e. The van der Waals surface area contributed by atoms with E-state index < -0.39 is 29.5 Å². The Morgan fingerprint density at radius 1 is 1.29 bits per heavy atom. The average molecular weight is 298 g/mol. The van der Waals surface area contributed by atoms with E-state index in [-0.39, 0.29) is 16.8 Å². The first-order chi connectivity index (χ1) is 9.90. The lowest BCUT2D eigenvalue weighted by Crippen LogP contribution is -2.39. The van der Waals surface area contributed by atoms with Crippen LogP contribution in [0.3, 0.4) is 0 Å². The van der Waals surface area contributed by atoms with Gasteiger partial charge in [0.25, 0.3) is 0 Å². The van der Waals surface area contributed by atoms with Crippen molar-refractivity contribution in [2.75, 3.05) is 7.11 Å². The van der Waals surface area contributed by atoms with Crippen LogP contribution in [-0.2, 0) is 9.63 Å². The fraction of sp³-hybridized carbons (Fsp3) is 0.231. The molecule has 1 atom stereocenters. The van der Waals surface area contributed by atoms with Crippen molar-refractivity contribution in [3.05, 3.63) is 40.7 Å². The molecule has 1 aliphatic rings. The Morgan fingerprint density at radius 2 is 1.86 bits per heavy atom. The van der Waals surface area contributed by atoms with Crippen LogP contribution in [0, 0.1) is 17.5 Å². The number of aliphatic imine (C=N–C) groups is 1. The van der Waals surface area contributed by atoms with Crippen molar-refractivity contribution in [1.29, 1.82) is 0 Å². The molecule has 0 bridgehead atoms. The number of urea groups is 1. The number of nitrogens with zero attached hydrogens (tertiary/aromatic N) is 2. The summed E-state index contributed by atoms with van der Waals surface area (Å²) in [5.74, 6) is -2.97. The van der Waals surface area contributed by atoms with Gasteiger partial charge < -0.3 is 0 Å². The Labute approximate surface area is 117 Å². The Morgan fingerprint density at radius 3 is 2.33 bits per heavy atom. The molecule has 8 heteroatoms. The molecule has 1 heterocycles. The van der Waals surface area contributed by atoms with Crippen LogP contribution in [0.15, 0.2) is 22.7 Å². The molecule has 0 spiro atoms. The summed E-state index contributed by atoms with van der Waals surface area (Å²) in [6.07, 6.45) is 0. The van der Waals surface area contributed by atoms with Crippen molar-refractivity contribution in [2.45, 2.75) is 13.0 Å². The number of hydrogen-bond donors (Lipinski definition) is 0. The van der Waals surface area contributed by atoms with E-state index in [1.54, 1.807) is 5.94 Å². The molecule has 0 aromatic heterocycles. The standard InChI is InChI=1S/C13H9F3N2O3/c1-6-8(5-19)12(18(21-2)13(20)17-6)7-3-9(14)11(16)10(15)4-7/h3-4,12H,1-2H3. The molecule has 1 aromatic rings. The van der Waals surface area contributed by atoms with Crippen molar-refractivity contribution in [1.82, 2.24) is 5.06 Å². The zero-order valence-corrected chi connectivity index (χ0v) is 11.0. The van der Waals surface area contributed by atoms with Crippen LogP contribution in [0.5, 0.6) is 0 Å². The van der Waals surface area contributed by atoms with Crippen molar-refractivity contribution in [3.8, 4) is 0 Å². The third-order valence-corrected chi connectivity index (χ3v) is 2.98. The average Bonchev–Trinajstić information content (AvgIpc) is 2.43. The molecule has 2 rings (SSSR count). The highest BCUT2D eigenvalue weighted by Crippen LogP contribution is 2.33. The minimum absolute atomic E-state index is 0.0402. The van der Waals surface area contributed by atoms with Crippen molar-refractivity contribution in [3.63, 3.8) is 0 Å². The van der Waals surface area contributed by atoms with Crippen molar-refractivity contribution < 1.29 is 27.6 Å². The second-order valence-corrected chi connectivity index (χ2v) is 4.20. The molecule has 1 aromatic carbocycles. The van der Waals surface area contributed by atoms with Gasteiger partial charge in [0.15, 0.2) is 17.5 Å². The molecule has 21 heavy (non-hydrogen) atoms. The maximum atomic E-state index is 13.4.